The van der Waals surface area contributed by atoms with E-state index in [1.54, 1.807) is 0 Å². The zero-order valence-electron chi connectivity index (χ0n) is 10.5. The summed E-state index contributed by atoms with van der Waals surface area (Å²) in [4.78, 5) is 14.3. The second-order valence-electron chi connectivity index (χ2n) is 4.88. The first-order chi connectivity index (χ1) is 7.70. The molecule has 16 heavy (non-hydrogen) atoms. The van der Waals surface area contributed by atoms with Gasteiger partial charge in [-0.05, 0) is 19.3 Å². The van der Waals surface area contributed by atoms with Gasteiger partial charge < -0.3 is 4.90 Å². The molecule has 1 fully saturated rings. The molecule has 0 radical (unpaired) electrons. The van der Waals surface area contributed by atoms with Gasteiger partial charge in [0.25, 0.3) is 0 Å². The van der Waals surface area contributed by atoms with Crippen molar-refractivity contribution in [3.8, 4) is 0 Å². The van der Waals surface area contributed by atoms with Gasteiger partial charge in [0.1, 0.15) is 0 Å². The summed E-state index contributed by atoms with van der Waals surface area (Å²) in [6.45, 7) is 5.08. The molecule has 1 rings (SSSR count). The Morgan fingerprint density at radius 2 is 2.19 bits per heavy atom. The lowest BCUT2D eigenvalue weighted by Crippen LogP contribution is -2.43. The molecule has 0 N–H and O–H groups in total. The highest BCUT2D eigenvalue weighted by atomic mass is 35.5. The highest BCUT2D eigenvalue weighted by Crippen LogP contribution is 2.21. The molecule has 0 aromatic carbocycles. The fourth-order valence-corrected chi connectivity index (χ4v) is 2.79. The molecular weight excluding hydrogens is 222 g/mol. The monoisotopic (exact) mass is 245 g/mol. The van der Waals surface area contributed by atoms with Gasteiger partial charge in [-0.15, -0.1) is 11.6 Å². The number of carbonyl (C=O) groups excluding carboxylic acids is 1. The van der Waals surface area contributed by atoms with Crippen molar-refractivity contribution in [2.45, 2.75) is 58.4 Å². The van der Waals surface area contributed by atoms with Crippen LogP contribution in [0, 0.1) is 5.92 Å². The van der Waals surface area contributed by atoms with Crippen LogP contribution < -0.4 is 0 Å². The zero-order chi connectivity index (χ0) is 12.0. The number of hydrogen-bond donors (Lipinski definition) is 0. The first-order valence-electron chi connectivity index (χ1n) is 6.57. The third kappa shape index (κ3) is 3.65. The maximum atomic E-state index is 12.3. The highest BCUT2D eigenvalue weighted by Gasteiger charge is 2.27. The van der Waals surface area contributed by atoms with E-state index in [0.717, 1.165) is 32.2 Å². The first kappa shape index (κ1) is 13.8. The van der Waals surface area contributed by atoms with E-state index in [0.29, 0.717) is 11.8 Å². The Kier molecular flexibility index (Phi) is 6.18. The molecule has 0 aromatic heterocycles. The largest absolute Gasteiger partial charge is 0.338 e. The predicted molar refractivity (Wildman–Crippen MR) is 68.8 cm³/mol. The van der Waals surface area contributed by atoms with Gasteiger partial charge in [0.15, 0.2) is 0 Å². The number of likely N-dealkylation sites (tertiary alicyclic amines) is 1. The Bertz CT molecular complexity index is 220. The van der Waals surface area contributed by atoms with Crippen molar-refractivity contribution in [3.05, 3.63) is 0 Å². The average Bonchev–Trinajstić information content (AvgIpc) is 2.53. The van der Waals surface area contributed by atoms with E-state index >= 15 is 0 Å². The summed E-state index contributed by atoms with van der Waals surface area (Å²) >= 11 is 5.98. The van der Waals surface area contributed by atoms with Gasteiger partial charge >= 0.3 is 0 Å². The standard InChI is InChI=1S/C13H24ClNO/c1-3-7-11(2)13(16)15-9-6-4-5-8-12(15)10-14/h11-12H,3-10H2,1-2H3. The number of alkyl halides is 1. The van der Waals surface area contributed by atoms with E-state index in [1.165, 1.54) is 12.8 Å². The smallest absolute Gasteiger partial charge is 0.225 e. The molecule has 0 bridgehead atoms. The number of amides is 1. The first-order valence-corrected chi connectivity index (χ1v) is 7.10. The molecule has 1 aliphatic heterocycles. The summed E-state index contributed by atoms with van der Waals surface area (Å²) in [5.74, 6) is 1.06. The number of hydrogen-bond acceptors (Lipinski definition) is 1. The van der Waals surface area contributed by atoms with Gasteiger partial charge in [-0.25, -0.2) is 0 Å². The van der Waals surface area contributed by atoms with Crippen molar-refractivity contribution in [1.29, 1.82) is 0 Å². The number of carbonyl (C=O) groups is 1. The third-order valence-electron chi connectivity index (χ3n) is 3.48. The Morgan fingerprint density at radius 1 is 1.44 bits per heavy atom. The fraction of sp³-hybridized carbons (Fsp3) is 0.923. The van der Waals surface area contributed by atoms with Crippen LogP contribution in [0.2, 0.25) is 0 Å². The lowest BCUT2D eigenvalue weighted by atomic mass is 10.0. The van der Waals surface area contributed by atoms with Crippen molar-refractivity contribution in [3.63, 3.8) is 0 Å². The minimum atomic E-state index is 0.161. The molecule has 94 valence electrons. The molecule has 0 saturated carbocycles. The molecule has 1 saturated heterocycles. The van der Waals surface area contributed by atoms with E-state index < -0.39 is 0 Å². The summed E-state index contributed by atoms with van der Waals surface area (Å²) in [6.07, 6.45) is 6.73. The third-order valence-corrected chi connectivity index (χ3v) is 3.84. The van der Waals surface area contributed by atoms with E-state index in [-0.39, 0.29) is 12.0 Å². The molecule has 1 aliphatic rings. The molecule has 0 aromatic rings. The highest BCUT2D eigenvalue weighted by molar-refractivity contribution is 6.18. The van der Waals surface area contributed by atoms with Gasteiger partial charge in [0.2, 0.25) is 5.91 Å². The van der Waals surface area contributed by atoms with Crippen molar-refractivity contribution >= 4 is 17.5 Å². The predicted octanol–water partition coefficient (Wildman–Crippen LogP) is 3.43. The van der Waals surface area contributed by atoms with Crippen molar-refractivity contribution in [2.24, 2.45) is 5.92 Å². The summed E-state index contributed by atoms with van der Waals surface area (Å²) < 4.78 is 0. The SMILES string of the molecule is CCCC(C)C(=O)N1CCCCCC1CCl. The molecule has 0 aliphatic carbocycles. The molecule has 1 amide bonds. The van der Waals surface area contributed by atoms with Crippen LogP contribution in [0.1, 0.15) is 52.4 Å². The van der Waals surface area contributed by atoms with Gasteiger partial charge in [-0.3, -0.25) is 4.79 Å². The molecule has 3 heteroatoms. The van der Waals surface area contributed by atoms with Gasteiger partial charge in [-0.2, -0.15) is 0 Å². The van der Waals surface area contributed by atoms with Crippen molar-refractivity contribution < 1.29 is 4.79 Å². The van der Waals surface area contributed by atoms with Gasteiger partial charge in [-0.1, -0.05) is 33.1 Å². The van der Waals surface area contributed by atoms with Crippen LogP contribution in [0.25, 0.3) is 0 Å². The summed E-state index contributed by atoms with van der Waals surface area (Å²) in [6, 6.07) is 0.274. The maximum absolute atomic E-state index is 12.3. The van der Waals surface area contributed by atoms with Crippen LogP contribution in [-0.2, 0) is 4.79 Å². The van der Waals surface area contributed by atoms with Crippen LogP contribution in [0.15, 0.2) is 0 Å². The lowest BCUT2D eigenvalue weighted by molar-refractivity contribution is -0.137. The Labute approximate surface area is 104 Å². The minimum absolute atomic E-state index is 0.161. The quantitative estimate of drug-likeness (QED) is 0.695. The normalized spacial score (nSPS) is 23.9. The fourth-order valence-electron chi connectivity index (χ4n) is 2.47. The van der Waals surface area contributed by atoms with Crippen LogP contribution in [0.4, 0.5) is 0 Å². The molecule has 2 nitrogen and oxygen atoms in total. The van der Waals surface area contributed by atoms with Crippen LogP contribution >= 0.6 is 11.6 Å². The number of nitrogens with zero attached hydrogens (tertiary/aromatic N) is 1. The van der Waals surface area contributed by atoms with Gasteiger partial charge in [0.05, 0.1) is 0 Å². The van der Waals surface area contributed by atoms with Crippen molar-refractivity contribution in [1.82, 2.24) is 4.90 Å². The van der Waals surface area contributed by atoms with Crippen LogP contribution in [0.5, 0.6) is 0 Å². The lowest BCUT2D eigenvalue weighted by Gasteiger charge is -2.31. The molecule has 1 heterocycles. The summed E-state index contributed by atoms with van der Waals surface area (Å²) in [7, 11) is 0. The molecule has 0 spiro atoms. The Hall–Kier alpha value is -0.240. The Balaban J connectivity index is 2.62. The van der Waals surface area contributed by atoms with Crippen molar-refractivity contribution in [2.75, 3.05) is 12.4 Å². The topological polar surface area (TPSA) is 20.3 Å². The second-order valence-corrected chi connectivity index (χ2v) is 5.19. The van der Waals surface area contributed by atoms with E-state index in [4.69, 9.17) is 11.6 Å². The zero-order valence-corrected chi connectivity index (χ0v) is 11.3. The van der Waals surface area contributed by atoms with Crippen LogP contribution in [0.3, 0.4) is 0 Å². The summed E-state index contributed by atoms with van der Waals surface area (Å²) in [5, 5.41) is 0. The second kappa shape index (κ2) is 7.16. The Morgan fingerprint density at radius 3 is 2.81 bits per heavy atom. The van der Waals surface area contributed by atoms with E-state index in [2.05, 4.69) is 6.92 Å². The summed E-state index contributed by atoms with van der Waals surface area (Å²) in [5.41, 5.74) is 0. The molecular formula is C13H24ClNO. The maximum Gasteiger partial charge on any atom is 0.225 e. The van der Waals surface area contributed by atoms with Gasteiger partial charge in [0, 0.05) is 24.4 Å². The minimum Gasteiger partial charge on any atom is -0.338 e. The number of halogens is 1. The molecule has 2 atom stereocenters. The van der Waals surface area contributed by atoms with E-state index in [9.17, 15) is 4.79 Å². The number of rotatable bonds is 4. The molecule has 2 unspecified atom stereocenters. The van der Waals surface area contributed by atoms with Crippen LogP contribution in [-0.4, -0.2) is 29.3 Å². The van der Waals surface area contributed by atoms with E-state index in [1.807, 2.05) is 11.8 Å². The average molecular weight is 246 g/mol.